The molecule has 0 aromatic heterocycles. The van der Waals surface area contributed by atoms with Crippen LogP contribution in [0.2, 0.25) is 0 Å². The number of nitrogens with zero attached hydrogens (tertiary/aromatic N) is 1. The minimum absolute atomic E-state index is 0.797. The molecule has 0 heterocycles. The van der Waals surface area contributed by atoms with Crippen molar-refractivity contribution in [1.29, 1.82) is 0 Å². The summed E-state index contributed by atoms with van der Waals surface area (Å²) in [5.74, 6) is 0. The van der Waals surface area contributed by atoms with E-state index in [0.717, 1.165) is 28.2 Å². The fraction of sp³-hybridized carbons (Fsp3) is 0. The summed E-state index contributed by atoms with van der Waals surface area (Å²) < 4.78 is 0. The zero-order valence-corrected chi connectivity index (χ0v) is 23.7. The van der Waals surface area contributed by atoms with Crippen LogP contribution in [-0.2, 0) is 0 Å². The summed E-state index contributed by atoms with van der Waals surface area (Å²) >= 11 is 0. The predicted molar refractivity (Wildman–Crippen MR) is 185 cm³/mol. The molecule has 7 rings (SSSR count). The third-order valence-electron chi connectivity index (χ3n) is 7.97. The molecule has 7 aromatic rings. The minimum Gasteiger partial charge on any atom is -0.353 e. The molecule has 43 heavy (non-hydrogen) atoms. The van der Waals surface area contributed by atoms with E-state index in [9.17, 15) is 0 Å². The molecule has 0 aliphatic carbocycles. The number of aliphatic imine (C=N–C) groups is 1. The number of fused-ring (bicyclic) bond motifs is 2. The van der Waals surface area contributed by atoms with Gasteiger partial charge in [0.15, 0.2) is 0 Å². The fourth-order valence-electron chi connectivity index (χ4n) is 5.83. The SMILES string of the molecule is C=N/C(=C(\Nc1ccccc1)c1ccc(-c2cccc3ccccc23)cc1)c1ccc(-c2cccc3ccccc23)cc1. The first-order chi connectivity index (χ1) is 21.3. The van der Waals surface area contributed by atoms with Crippen LogP contribution in [0.3, 0.4) is 0 Å². The zero-order valence-electron chi connectivity index (χ0n) is 23.7. The van der Waals surface area contributed by atoms with Crippen molar-refractivity contribution in [1.82, 2.24) is 0 Å². The Morgan fingerprint density at radius 2 is 0.907 bits per heavy atom. The molecule has 0 unspecified atom stereocenters. The maximum atomic E-state index is 4.57. The summed E-state index contributed by atoms with van der Waals surface area (Å²) in [7, 11) is 0. The second kappa shape index (κ2) is 11.6. The van der Waals surface area contributed by atoms with Crippen molar-refractivity contribution in [3.8, 4) is 22.3 Å². The van der Waals surface area contributed by atoms with Crippen molar-refractivity contribution < 1.29 is 0 Å². The molecule has 7 aromatic carbocycles. The van der Waals surface area contributed by atoms with E-state index in [4.69, 9.17) is 0 Å². The van der Waals surface area contributed by atoms with Gasteiger partial charge in [0, 0.05) is 16.8 Å². The van der Waals surface area contributed by atoms with Crippen LogP contribution >= 0.6 is 0 Å². The highest BCUT2D eigenvalue weighted by Gasteiger charge is 2.14. The van der Waals surface area contributed by atoms with Gasteiger partial charge < -0.3 is 5.32 Å². The maximum absolute atomic E-state index is 4.57. The van der Waals surface area contributed by atoms with Gasteiger partial charge in [-0.2, -0.15) is 0 Å². The number of hydrogen-bond donors (Lipinski definition) is 1. The van der Waals surface area contributed by atoms with Crippen LogP contribution in [0.1, 0.15) is 11.1 Å². The van der Waals surface area contributed by atoms with Gasteiger partial charge in [0.1, 0.15) is 0 Å². The number of para-hydroxylation sites is 1. The molecule has 0 atom stereocenters. The molecule has 204 valence electrons. The summed E-state index contributed by atoms with van der Waals surface area (Å²) in [6.45, 7) is 4.00. The minimum atomic E-state index is 0.797. The van der Waals surface area contributed by atoms with E-state index in [1.54, 1.807) is 0 Å². The standard InChI is InChI=1S/C41H30N2/c1-42-40(33-25-21-31(22-26-33)38-19-9-13-29-11-5-7-17-36(29)38)41(43-35-15-3-2-4-16-35)34-27-23-32(24-28-34)39-20-10-14-30-12-6-8-18-37(30)39/h2-28,43H,1H2/b41-40-. The lowest BCUT2D eigenvalue weighted by molar-refractivity contribution is 1.46. The topological polar surface area (TPSA) is 24.4 Å². The Morgan fingerprint density at radius 1 is 0.442 bits per heavy atom. The summed E-state index contributed by atoms with van der Waals surface area (Å²) in [6.07, 6.45) is 0. The smallest absolute Gasteiger partial charge is 0.0935 e. The summed E-state index contributed by atoms with van der Waals surface area (Å²) in [5.41, 5.74) is 9.50. The van der Waals surface area contributed by atoms with E-state index in [0.29, 0.717) is 0 Å². The molecule has 0 aliphatic heterocycles. The number of nitrogens with one attached hydrogen (secondary N) is 1. The molecule has 0 saturated carbocycles. The summed E-state index contributed by atoms with van der Waals surface area (Å²) in [6, 6.07) is 57.5. The second-order valence-electron chi connectivity index (χ2n) is 10.6. The fourth-order valence-corrected chi connectivity index (χ4v) is 5.83. The lowest BCUT2D eigenvalue weighted by Gasteiger charge is -2.17. The Hall–Kier alpha value is -5.73. The Balaban J connectivity index is 1.31. The monoisotopic (exact) mass is 550 g/mol. The van der Waals surface area contributed by atoms with Crippen LogP contribution in [0.4, 0.5) is 5.69 Å². The van der Waals surface area contributed by atoms with Gasteiger partial charge in [-0.3, -0.25) is 4.99 Å². The number of anilines is 1. The van der Waals surface area contributed by atoms with Gasteiger partial charge in [0.2, 0.25) is 0 Å². The van der Waals surface area contributed by atoms with E-state index < -0.39 is 0 Å². The van der Waals surface area contributed by atoms with Crippen LogP contribution in [0.5, 0.6) is 0 Å². The molecule has 0 fully saturated rings. The van der Waals surface area contributed by atoms with Crippen LogP contribution in [0.15, 0.2) is 169 Å². The van der Waals surface area contributed by atoms with Gasteiger partial charge >= 0.3 is 0 Å². The highest BCUT2D eigenvalue weighted by molar-refractivity contribution is 6.00. The predicted octanol–water partition coefficient (Wildman–Crippen LogP) is 11.0. The molecule has 1 N–H and O–H groups in total. The first kappa shape index (κ1) is 26.2. The Morgan fingerprint density at radius 3 is 1.44 bits per heavy atom. The summed E-state index contributed by atoms with van der Waals surface area (Å²) in [5, 5.41) is 8.61. The average molecular weight is 551 g/mol. The molecular formula is C41H30N2. The number of rotatable bonds is 7. The molecule has 0 radical (unpaired) electrons. The Bertz CT molecular complexity index is 2080. The van der Waals surface area contributed by atoms with Crippen LogP contribution in [-0.4, -0.2) is 6.72 Å². The van der Waals surface area contributed by atoms with Crippen molar-refractivity contribution >= 4 is 45.3 Å². The highest BCUT2D eigenvalue weighted by atomic mass is 14.9. The first-order valence-electron chi connectivity index (χ1n) is 14.5. The van der Waals surface area contributed by atoms with Crippen LogP contribution < -0.4 is 5.32 Å². The van der Waals surface area contributed by atoms with E-state index in [1.165, 1.54) is 43.8 Å². The molecule has 2 nitrogen and oxygen atoms in total. The molecule has 2 heteroatoms. The lowest BCUT2D eigenvalue weighted by Crippen LogP contribution is -2.02. The van der Waals surface area contributed by atoms with Crippen molar-refractivity contribution in [3.05, 3.63) is 175 Å². The van der Waals surface area contributed by atoms with Crippen molar-refractivity contribution in [2.45, 2.75) is 0 Å². The molecular weight excluding hydrogens is 520 g/mol. The third-order valence-corrected chi connectivity index (χ3v) is 7.97. The normalized spacial score (nSPS) is 11.7. The van der Waals surface area contributed by atoms with E-state index >= 15 is 0 Å². The zero-order chi connectivity index (χ0) is 29.0. The summed E-state index contributed by atoms with van der Waals surface area (Å²) in [4.78, 5) is 4.57. The van der Waals surface area contributed by atoms with E-state index in [1.807, 2.05) is 18.2 Å². The van der Waals surface area contributed by atoms with Gasteiger partial charge in [0.05, 0.1) is 11.4 Å². The van der Waals surface area contributed by atoms with Gasteiger partial charge in [-0.25, -0.2) is 0 Å². The molecule has 0 amide bonds. The van der Waals surface area contributed by atoms with Gasteiger partial charge in [-0.1, -0.05) is 152 Å². The molecule has 0 aliphatic rings. The Kier molecular flexibility index (Phi) is 7.09. The van der Waals surface area contributed by atoms with Crippen LogP contribution in [0, 0.1) is 0 Å². The van der Waals surface area contributed by atoms with Gasteiger partial charge in [0.25, 0.3) is 0 Å². The largest absolute Gasteiger partial charge is 0.353 e. The quantitative estimate of drug-likeness (QED) is 0.155. The second-order valence-corrected chi connectivity index (χ2v) is 10.6. The highest BCUT2D eigenvalue weighted by Crippen LogP contribution is 2.34. The van der Waals surface area contributed by atoms with Crippen molar-refractivity contribution in [2.75, 3.05) is 5.32 Å². The third kappa shape index (κ3) is 5.23. The lowest BCUT2D eigenvalue weighted by atomic mass is 9.95. The number of hydrogen-bond acceptors (Lipinski definition) is 2. The van der Waals surface area contributed by atoms with Crippen molar-refractivity contribution in [3.63, 3.8) is 0 Å². The van der Waals surface area contributed by atoms with Crippen molar-refractivity contribution in [2.24, 2.45) is 4.99 Å². The van der Waals surface area contributed by atoms with E-state index in [-0.39, 0.29) is 0 Å². The van der Waals surface area contributed by atoms with Gasteiger partial charge in [-0.05, 0) is 62.6 Å². The van der Waals surface area contributed by atoms with Gasteiger partial charge in [-0.15, -0.1) is 0 Å². The average Bonchev–Trinajstić information content (AvgIpc) is 3.08. The molecule has 0 spiro atoms. The molecule has 0 saturated heterocycles. The first-order valence-corrected chi connectivity index (χ1v) is 14.5. The Labute approximate surface area is 252 Å². The van der Waals surface area contributed by atoms with Crippen LogP contribution in [0.25, 0.3) is 55.2 Å². The number of benzene rings is 7. The maximum Gasteiger partial charge on any atom is 0.0935 e. The molecule has 0 bridgehead atoms. The van der Waals surface area contributed by atoms with E-state index in [2.05, 4.69) is 163 Å².